The van der Waals surface area contributed by atoms with E-state index in [2.05, 4.69) is 48.2 Å². The molecule has 3 aromatic rings. The number of carbonyl (C=O) groups excluding carboxylic acids is 2. The van der Waals surface area contributed by atoms with Crippen LogP contribution in [0.2, 0.25) is 0 Å². The number of primary amides is 1. The summed E-state index contributed by atoms with van der Waals surface area (Å²) in [6.07, 6.45) is 4.56. The lowest BCUT2D eigenvalue weighted by Gasteiger charge is -2.18. The highest BCUT2D eigenvalue weighted by molar-refractivity contribution is 7.99. The van der Waals surface area contributed by atoms with E-state index in [4.69, 9.17) is 5.73 Å². The standard InChI is InChI=1S/C23H27N5O2S3/c1-5-8-28-21(16-10-31-14(4)13(16)3)26-27-23(28)32-11-18(29)25-22-19(20(24)30)15-7-6-12(2)9-17(15)33-22/h5,10,12H,1,6-9,11H2,2-4H3,(H2,24,30)(H,25,29). The molecule has 0 spiro atoms. The number of aryl methyl sites for hydroxylation is 1. The van der Waals surface area contributed by atoms with Crippen LogP contribution in [0.25, 0.3) is 11.4 Å². The van der Waals surface area contributed by atoms with Crippen LogP contribution in [0.3, 0.4) is 0 Å². The Balaban J connectivity index is 1.51. The molecule has 10 heteroatoms. The first-order valence-electron chi connectivity index (χ1n) is 10.8. The van der Waals surface area contributed by atoms with Gasteiger partial charge in [0.2, 0.25) is 5.91 Å². The summed E-state index contributed by atoms with van der Waals surface area (Å²) in [5, 5.41) is 14.9. The van der Waals surface area contributed by atoms with Crippen molar-refractivity contribution in [2.45, 2.75) is 51.7 Å². The van der Waals surface area contributed by atoms with Crippen LogP contribution in [0.1, 0.15) is 44.6 Å². The van der Waals surface area contributed by atoms with Gasteiger partial charge in [0.05, 0.1) is 11.3 Å². The first-order valence-corrected chi connectivity index (χ1v) is 13.4. The lowest BCUT2D eigenvalue weighted by molar-refractivity contribution is -0.113. The number of anilines is 1. The number of thioether (sulfide) groups is 1. The summed E-state index contributed by atoms with van der Waals surface area (Å²) < 4.78 is 1.97. The third kappa shape index (κ3) is 4.78. The molecule has 174 valence electrons. The highest BCUT2D eigenvalue weighted by Gasteiger charge is 2.27. The van der Waals surface area contributed by atoms with Crippen molar-refractivity contribution >= 4 is 51.3 Å². The zero-order valence-corrected chi connectivity index (χ0v) is 21.4. The Hall–Kier alpha value is -2.43. The number of nitrogens with zero attached hydrogens (tertiary/aromatic N) is 3. The molecule has 4 rings (SSSR count). The molecule has 0 saturated heterocycles. The third-order valence-electron chi connectivity index (χ3n) is 5.90. The van der Waals surface area contributed by atoms with Crippen molar-refractivity contribution in [3.63, 3.8) is 0 Å². The van der Waals surface area contributed by atoms with Gasteiger partial charge < -0.3 is 11.1 Å². The summed E-state index contributed by atoms with van der Waals surface area (Å²) in [5.41, 5.74) is 9.37. The Bertz CT molecular complexity index is 1220. The second kappa shape index (κ2) is 9.82. The molecule has 3 aromatic heterocycles. The summed E-state index contributed by atoms with van der Waals surface area (Å²) in [7, 11) is 0. The van der Waals surface area contributed by atoms with Gasteiger partial charge in [0.15, 0.2) is 11.0 Å². The van der Waals surface area contributed by atoms with Crippen LogP contribution >= 0.6 is 34.4 Å². The van der Waals surface area contributed by atoms with Crippen LogP contribution in [-0.2, 0) is 24.2 Å². The molecule has 0 aliphatic heterocycles. The first-order chi connectivity index (χ1) is 15.8. The third-order valence-corrected chi connectivity index (χ3v) is 9.05. The van der Waals surface area contributed by atoms with Gasteiger partial charge in [-0.15, -0.1) is 39.4 Å². The Kier molecular flexibility index (Phi) is 7.06. The molecule has 1 aliphatic rings. The molecule has 1 unspecified atom stereocenters. The summed E-state index contributed by atoms with van der Waals surface area (Å²) in [4.78, 5) is 27.3. The number of hydrogen-bond acceptors (Lipinski definition) is 7. The van der Waals surface area contributed by atoms with E-state index in [0.29, 0.717) is 28.2 Å². The van der Waals surface area contributed by atoms with E-state index >= 15 is 0 Å². The minimum absolute atomic E-state index is 0.147. The van der Waals surface area contributed by atoms with Gasteiger partial charge in [0.1, 0.15) is 5.00 Å². The summed E-state index contributed by atoms with van der Waals surface area (Å²) in [5.74, 6) is 0.801. The molecule has 3 N–H and O–H groups in total. The van der Waals surface area contributed by atoms with E-state index in [-0.39, 0.29) is 11.7 Å². The molecule has 1 aliphatic carbocycles. The van der Waals surface area contributed by atoms with E-state index in [1.54, 1.807) is 17.4 Å². The van der Waals surface area contributed by atoms with Gasteiger partial charge >= 0.3 is 0 Å². The van der Waals surface area contributed by atoms with E-state index in [0.717, 1.165) is 41.1 Å². The van der Waals surface area contributed by atoms with Crippen LogP contribution in [-0.4, -0.2) is 32.3 Å². The molecule has 33 heavy (non-hydrogen) atoms. The molecule has 0 aromatic carbocycles. The smallest absolute Gasteiger partial charge is 0.251 e. The normalized spacial score (nSPS) is 15.3. The summed E-state index contributed by atoms with van der Waals surface area (Å²) >= 11 is 4.47. The molecule has 0 radical (unpaired) electrons. The molecule has 1 atom stereocenters. The second-order valence-corrected chi connectivity index (χ2v) is 11.4. The monoisotopic (exact) mass is 501 g/mol. The van der Waals surface area contributed by atoms with Gasteiger partial charge in [-0.05, 0) is 50.2 Å². The molecule has 0 saturated carbocycles. The lowest BCUT2D eigenvalue weighted by atomic mass is 9.88. The minimum atomic E-state index is -0.484. The van der Waals surface area contributed by atoms with Crippen molar-refractivity contribution in [2.24, 2.45) is 11.7 Å². The largest absolute Gasteiger partial charge is 0.365 e. The minimum Gasteiger partial charge on any atom is -0.365 e. The second-order valence-electron chi connectivity index (χ2n) is 8.29. The van der Waals surface area contributed by atoms with Crippen LogP contribution < -0.4 is 11.1 Å². The van der Waals surface area contributed by atoms with Gasteiger partial charge in [-0.25, -0.2) is 0 Å². The lowest BCUT2D eigenvalue weighted by Crippen LogP contribution is -2.20. The number of hydrogen-bond donors (Lipinski definition) is 2. The molecule has 7 nitrogen and oxygen atoms in total. The van der Waals surface area contributed by atoms with Gasteiger partial charge in [-0.1, -0.05) is 24.8 Å². The molecular weight excluding hydrogens is 474 g/mol. The van der Waals surface area contributed by atoms with Crippen LogP contribution in [0.5, 0.6) is 0 Å². The number of allylic oxidation sites excluding steroid dienone is 1. The average Bonchev–Trinajstić information content (AvgIpc) is 3.42. The topological polar surface area (TPSA) is 103 Å². The van der Waals surface area contributed by atoms with E-state index in [9.17, 15) is 9.59 Å². The van der Waals surface area contributed by atoms with Crippen molar-refractivity contribution in [1.29, 1.82) is 0 Å². The maximum atomic E-state index is 12.8. The van der Waals surface area contributed by atoms with Gasteiger partial charge in [-0.3, -0.25) is 14.2 Å². The van der Waals surface area contributed by atoms with Crippen LogP contribution in [0.15, 0.2) is 23.2 Å². The highest BCUT2D eigenvalue weighted by atomic mass is 32.2. The number of rotatable bonds is 8. The number of carbonyl (C=O) groups is 2. The first kappa shape index (κ1) is 23.7. The number of nitrogens with two attached hydrogens (primary N) is 1. The molecule has 0 bridgehead atoms. The fraction of sp³-hybridized carbons (Fsp3) is 0.391. The van der Waals surface area contributed by atoms with E-state index in [1.165, 1.54) is 33.5 Å². The predicted octanol–water partition coefficient (Wildman–Crippen LogP) is 4.83. The quantitative estimate of drug-likeness (QED) is 0.340. The SMILES string of the molecule is C=CCn1c(SCC(=O)Nc2sc3c(c2C(N)=O)CCC(C)C3)nnc1-c1csc(C)c1C. The van der Waals surface area contributed by atoms with Crippen molar-refractivity contribution in [3.05, 3.63) is 44.5 Å². The Morgan fingerprint density at radius 3 is 2.85 bits per heavy atom. The summed E-state index contributed by atoms with van der Waals surface area (Å²) in [6.45, 7) is 10.8. The number of thiophene rings is 2. The molecule has 3 heterocycles. The van der Waals surface area contributed by atoms with Crippen LogP contribution in [0, 0.1) is 19.8 Å². The van der Waals surface area contributed by atoms with Crippen molar-refractivity contribution in [3.8, 4) is 11.4 Å². The maximum Gasteiger partial charge on any atom is 0.251 e. The highest BCUT2D eigenvalue weighted by Crippen LogP contribution is 2.39. The maximum absolute atomic E-state index is 12.8. The molecular formula is C23H27N5O2S3. The van der Waals surface area contributed by atoms with Crippen molar-refractivity contribution in [1.82, 2.24) is 14.8 Å². The average molecular weight is 502 g/mol. The zero-order chi connectivity index (χ0) is 23.7. The zero-order valence-electron chi connectivity index (χ0n) is 18.9. The number of amides is 2. The molecule has 0 fully saturated rings. The Labute approximate surface area is 205 Å². The van der Waals surface area contributed by atoms with Crippen LogP contribution in [0.4, 0.5) is 5.00 Å². The fourth-order valence-corrected chi connectivity index (χ4v) is 7.06. The van der Waals surface area contributed by atoms with Crippen molar-refractivity contribution < 1.29 is 9.59 Å². The van der Waals surface area contributed by atoms with Gasteiger partial charge in [0, 0.05) is 27.2 Å². The van der Waals surface area contributed by atoms with E-state index < -0.39 is 5.91 Å². The number of nitrogens with one attached hydrogen (secondary N) is 1. The number of aromatic nitrogens is 3. The Morgan fingerprint density at radius 2 is 2.18 bits per heavy atom. The van der Waals surface area contributed by atoms with Crippen molar-refractivity contribution in [2.75, 3.05) is 11.1 Å². The Morgan fingerprint density at radius 1 is 1.39 bits per heavy atom. The summed E-state index contributed by atoms with van der Waals surface area (Å²) in [6, 6.07) is 0. The van der Waals surface area contributed by atoms with E-state index in [1.807, 2.05) is 4.57 Å². The van der Waals surface area contributed by atoms with Gasteiger partial charge in [0.25, 0.3) is 5.91 Å². The predicted molar refractivity (Wildman–Crippen MR) is 136 cm³/mol. The van der Waals surface area contributed by atoms with Gasteiger partial charge in [-0.2, -0.15) is 0 Å². The molecule has 2 amide bonds. The fourth-order valence-electron chi connectivity index (χ4n) is 4.01. The number of fused-ring (bicyclic) bond motifs is 1.